The van der Waals surface area contributed by atoms with Crippen molar-refractivity contribution in [2.24, 2.45) is 5.92 Å². The minimum absolute atomic E-state index is 0.109. The van der Waals surface area contributed by atoms with Crippen molar-refractivity contribution in [1.82, 2.24) is 10.9 Å². The zero-order chi connectivity index (χ0) is 13.8. The maximum absolute atomic E-state index is 11.7. The average Bonchev–Trinajstić information content (AvgIpc) is 2.67. The lowest BCUT2D eigenvalue weighted by molar-refractivity contribution is -0.128. The van der Waals surface area contributed by atoms with Crippen LogP contribution in [-0.2, 0) is 14.4 Å². The van der Waals surface area contributed by atoms with E-state index in [4.69, 9.17) is 0 Å². The van der Waals surface area contributed by atoms with Gasteiger partial charge < -0.3 is 5.32 Å². The van der Waals surface area contributed by atoms with E-state index in [1.807, 2.05) is 6.07 Å². The Morgan fingerprint density at radius 1 is 1.26 bits per heavy atom. The number of benzene rings is 1. The van der Waals surface area contributed by atoms with E-state index in [2.05, 4.69) is 32.1 Å². The van der Waals surface area contributed by atoms with Crippen molar-refractivity contribution < 1.29 is 14.4 Å². The van der Waals surface area contributed by atoms with Crippen LogP contribution in [0.15, 0.2) is 28.7 Å². The van der Waals surface area contributed by atoms with Crippen LogP contribution in [0, 0.1) is 5.92 Å². The predicted octanol–water partition coefficient (Wildman–Crippen LogP) is 0.945. The van der Waals surface area contributed by atoms with E-state index in [0.29, 0.717) is 5.69 Å². The Kier molecular flexibility index (Phi) is 4.16. The molecule has 100 valence electrons. The van der Waals surface area contributed by atoms with Gasteiger partial charge in [0.25, 0.3) is 11.8 Å². The lowest BCUT2D eigenvalue weighted by Crippen LogP contribution is -2.28. The van der Waals surface area contributed by atoms with Crippen molar-refractivity contribution in [1.29, 1.82) is 0 Å². The van der Waals surface area contributed by atoms with Crippen molar-refractivity contribution in [3.05, 3.63) is 28.7 Å². The molecule has 3 amide bonds. The van der Waals surface area contributed by atoms with E-state index in [0.717, 1.165) is 4.47 Å². The van der Waals surface area contributed by atoms with Crippen LogP contribution in [0.2, 0.25) is 0 Å². The molecule has 0 bridgehead atoms. The van der Waals surface area contributed by atoms with E-state index >= 15 is 0 Å². The first kappa shape index (κ1) is 13.5. The fourth-order valence-electron chi connectivity index (χ4n) is 1.74. The van der Waals surface area contributed by atoms with Crippen molar-refractivity contribution in [3.63, 3.8) is 0 Å². The fourth-order valence-corrected chi connectivity index (χ4v) is 2.14. The smallest absolute Gasteiger partial charge is 0.251 e. The Balaban J connectivity index is 1.85. The number of nitrogens with one attached hydrogen (secondary N) is 3. The van der Waals surface area contributed by atoms with Gasteiger partial charge in [0.05, 0.1) is 0 Å². The van der Waals surface area contributed by atoms with Gasteiger partial charge >= 0.3 is 0 Å². The lowest BCUT2D eigenvalue weighted by atomic mass is 10.0. The molecule has 1 aliphatic rings. The molecule has 1 saturated heterocycles. The Hall–Kier alpha value is -1.89. The lowest BCUT2D eigenvalue weighted by Gasteiger charge is -2.06. The Labute approximate surface area is 118 Å². The van der Waals surface area contributed by atoms with Gasteiger partial charge in [-0.05, 0) is 24.6 Å². The molecule has 0 aliphatic carbocycles. The summed E-state index contributed by atoms with van der Waals surface area (Å²) < 4.78 is 0.861. The van der Waals surface area contributed by atoms with Gasteiger partial charge in [0.2, 0.25) is 5.91 Å². The van der Waals surface area contributed by atoms with Crippen LogP contribution >= 0.6 is 15.9 Å². The van der Waals surface area contributed by atoms with E-state index in [9.17, 15) is 14.4 Å². The van der Waals surface area contributed by atoms with Gasteiger partial charge in [0, 0.05) is 16.6 Å². The second-order valence-electron chi connectivity index (χ2n) is 4.13. The molecule has 0 unspecified atom stereocenters. The van der Waals surface area contributed by atoms with Crippen LogP contribution in [0.4, 0.5) is 5.69 Å². The van der Waals surface area contributed by atoms with Crippen LogP contribution in [0.25, 0.3) is 0 Å². The number of rotatable bonds is 4. The third-order valence-electron chi connectivity index (χ3n) is 2.71. The molecule has 1 fully saturated rings. The molecular weight excluding hydrogens is 314 g/mol. The Morgan fingerprint density at radius 2 is 1.95 bits per heavy atom. The van der Waals surface area contributed by atoms with Crippen LogP contribution in [0.5, 0.6) is 0 Å². The maximum atomic E-state index is 11.7. The molecule has 1 aromatic rings. The van der Waals surface area contributed by atoms with Crippen LogP contribution in [0.3, 0.4) is 0 Å². The molecule has 0 saturated carbocycles. The van der Waals surface area contributed by atoms with Gasteiger partial charge in [-0.1, -0.05) is 22.0 Å². The summed E-state index contributed by atoms with van der Waals surface area (Å²) in [5.74, 6) is -1.79. The molecule has 7 heteroatoms. The molecule has 1 heterocycles. The SMILES string of the molecule is O=C(CCC1C(=O)NNC1=O)Nc1cccc(Br)c1. The topological polar surface area (TPSA) is 87.3 Å². The summed E-state index contributed by atoms with van der Waals surface area (Å²) in [4.78, 5) is 34.2. The van der Waals surface area contributed by atoms with Gasteiger partial charge in [-0.15, -0.1) is 0 Å². The van der Waals surface area contributed by atoms with Gasteiger partial charge in [0.15, 0.2) is 0 Å². The highest BCUT2D eigenvalue weighted by atomic mass is 79.9. The molecule has 1 aliphatic heterocycles. The molecular formula is C12H12BrN3O3. The predicted molar refractivity (Wildman–Crippen MR) is 71.8 cm³/mol. The number of carbonyl (C=O) groups excluding carboxylic acids is 3. The first-order chi connectivity index (χ1) is 9.06. The van der Waals surface area contributed by atoms with Crippen molar-refractivity contribution in [3.8, 4) is 0 Å². The van der Waals surface area contributed by atoms with Crippen LogP contribution in [-0.4, -0.2) is 17.7 Å². The minimum atomic E-state index is -0.784. The molecule has 19 heavy (non-hydrogen) atoms. The second kappa shape index (κ2) is 5.83. The van der Waals surface area contributed by atoms with Crippen molar-refractivity contribution >= 4 is 39.3 Å². The summed E-state index contributed by atoms with van der Waals surface area (Å²) in [6, 6.07) is 7.19. The van der Waals surface area contributed by atoms with Gasteiger partial charge in [-0.2, -0.15) is 0 Å². The number of amides is 3. The molecule has 0 atom stereocenters. The number of hydrogen-bond donors (Lipinski definition) is 3. The number of anilines is 1. The van der Waals surface area contributed by atoms with E-state index in [1.54, 1.807) is 18.2 Å². The molecule has 6 nitrogen and oxygen atoms in total. The highest BCUT2D eigenvalue weighted by molar-refractivity contribution is 9.10. The monoisotopic (exact) mass is 325 g/mol. The molecule has 1 aromatic carbocycles. The average molecular weight is 326 g/mol. The van der Waals surface area contributed by atoms with Crippen LogP contribution < -0.4 is 16.2 Å². The third kappa shape index (κ3) is 3.54. The van der Waals surface area contributed by atoms with Gasteiger partial charge in [-0.25, -0.2) is 0 Å². The van der Waals surface area contributed by atoms with Gasteiger partial charge in [-0.3, -0.25) is 25.2 Å². The number of halogens is 1. The first-order valence-electron chi connectivity index (χ1n) is 5.71. The molecule has 3 N–H and O–H groups in total. The summed E-state index contributed by atoms with van der Waals surface area (Å²) in [6.45, 7) is 0. The zero-order valence-corrected chi connectivity index (χ0v) is 11.5. The highest BCUT2D eigenvalue weighted by Crippen LogP contribution is 2.17. The second-order valence-corrected chi connectivity index (χ2v) is 5.04. The molecule has 0 aromatic heterocycles. The maximum Gasteiger partial charge on any atom is 0.251 e. The molecule has 0 radical (unpaired) electrons. The molecule has 2 rings (SSSR count). The summed E-state index contributed by atoms with van der Waals surface area (Å²) in [5.41, 5.74) is 5.11. The number of carbonyl (C=O) groups is 3. The third-order valence-corrected chi connectivity index (χ3v) is 3.20. The number of hydrazine groups is 1. The quantitative estimate of drug-likeness (QED) is 0.720. The normalized spacial score (nSPS) is 15.0. The summed E-state index contributed by atoms with van der Waals surface area (Å²) in [6.07, 6.45) is 0.301. The zero-order valence-electron chi connectivity index (χ0n) is 9.90. The van der Waals surface area contributed by atoms with Crippen molar-refractivity contribution in [2.75, 3.05) is 5.32 Å². The summed E-state index contributed by atoms with van der Waals surface area (Å²) in [7, 11) is 0. The Morgan fingerprint density at radius 3 is 2.58 bits per heavy atom. The summed E-state index contributed by atoms with van der Waals surface area (Å²) >= 11 is 3.30. The van der Waals surface area contributed by atoms with Crippen LogP contribution in [0.1, 0.15) is 12.8 Å². The highest BCUT2D eigenvalue weighted by Gasteiger charge is 2.32. The standard InChI is InChI=1S/C12H12BrN3O3/c13-7-2-1-3-8(6-7)14-10(17)5-4-9-11(18)15-16-12(9)19/h1-3,6,9H,4-5H2,(H,14,17)(H,15,18)(H,16,19). The largest absolute Gasteiger partial charge is 0.326 e. The van der Waals surface area contributed by atoms with Gasteiger partial charge in [0.1, 0.15) is 5.92 Å². The van der Waals surface area contributed by atoms with E-state index in [1.165, 1.54) is 0 Å². The summed E-state index contributed by atoms with van der Waals surface area (Å²) in [5, 5.41) is 2.70. The minimum Gasteiger partial charge on any atom is -0.326 e. The van der Waals surface area contributed by atoms with Crippen molar-refractivity contribution in [2.45, 2.75) is 12.8 Å². The van der Waals surface area contributed by atoms with E-state index < -0.39 is 5.92 Å². The first-order valence-corrected chi connectivity index (χ1v) is 6.50. The number of hydrogen-bond acceptors (Lipinski definition) is 3. The Bertz CT molecular complexity index is 517. The van der Waals surface area contributed by atoms with E-state index in [-0.39, 0.29) is 30.6 Å². The fraction of sp³-hybridized carbons (Fsp3) is 0.250. The molecule has 0 spiro atoms.